The van der Waals surface area contributed by atoms with E-state index >= 15 is 0 Å². The lowest BCUT2D eigenvalue weighted by atomic mass is 9.88. The number of hydrogen-bond donors (Lipinski definition) is 2. The molecule has 1 saturated carbocycles. The van der Waals surface area contributed by atoms with Crippen molar-refractivity contribution in [2.24, 2.45) is 5.41 Å². The van der Waals surface area contributed by atoms with Crippen molar-refractivity contribution in [1.82, 2.24) is 29.2 Å². The van der Waals surface area contributed by atoms with Gasteiger partial charge in [-0.25, -0.2) is 19.3 Å². The molecule has 10 heteroatoms. The minimum absolute atomic E-state index is 0.0486. The van der Waals surface area contributed by atoms with E-state index in [0.717, 1.165) is 43.6 Å². The van der Waals surface area contributed by atoms with Crippen LogP contribution in [0.3, 0.4) is 0 Å². The third-order valence-corrected chi connectivity index (χ3v) is 9.51. The normalized spacial score (nSPS) is 24.2. The van der Waals surface area contributed by atoms with Crippen LogP contribution in [0.25, 0.3) is 16.9 Å². The first-order chi connectivity index (χ1) is 19.4. The minimum Gasteiger partial charge on any atom is -0.386 e. The molecule has 204 valence electrons. The van der Waals surface area contributed by atoms with Gasteiger partial charge in [0.25, 0.3) is 5.56 Å². The standard InChI is InChI=1S/C30H32N8O2/c1-3-12-37-28(40)23-15-31-29(32-19-5-7-20(8-6-19)36-16-21-13-22(17-36)35(21)2)34-27(23)38(37)24-9-4-18-14-30(10-11-30)26(39)25(18)33-24/h3-9,15,21-22,26,39H,1,10-14,16-17H2,2H3,(H,31,32,34). The summed E-state index contributed by atoms with van der Waals surface area (Å²) in [6, 6.07) is 13.6. The summed E-state index contributed by atoms with van der Waals surface area (Å²) in [6.07, 6.45) is 6.86. The van der Waals surface area contributed by atoms with Crippen molar-refractivity contribution in [3.05, 3.63) is 76.9 Å². The lowest BCUT2D eigenvalue weighted by Gasteiger charge is -2.55. The number of aliphatic hydroxyl groups excluding tert-OH is 1. The first kappa shape index (κ1) is 23.8. The number of piperidine rings is 1. The van der Waals surface area contributed by atoms with Crippen LogP contribution >= 0.6 is 0 Å². The number of rotatable bonds is 6. The highest BCUT2D eigenvalue weighted by Crippen LogP contribution is 2.61. The summed E-state index contributed by atoms with van der Waals surface area (Å²) in [5.74, 6) is 0.937. The molecule has 2 aliphatic carbocycles. The number of pyridine rings is 1. The molecule has 40 heavy (non-hydrogen) atoms. The number of likely N-dealkylation sites (N-methyl/N-ethyl adjacent to an activating group) is 1. The number of anilines is 3. The van der Waals surface area contributed by atoms with Crippen molar-refractivity contribution in [1.29, 1.82) is 0 Å². The molecule has 3 aliphatic heterocycles. The molecule has 4 aromatic rings. The van der Waals surface area contributed by atoms with Gasteiger partial charge in [0.2, 0.25) is 5.95 Å². The van der Waals surface area contributed by atoms with Crippen molar-refractivity contribution < 1.29 is 5.11 Å². The largest absolute Gasteiger partial charge is 0.386 e. The Morgan fingerprint density at radius 3 is 2.60 bits per heavy atom. The Kier molecular flexibility index (Phi) is 5.06. The predicted molar refractivity (Wildman–Crippen MR) is 153 cm³/mol. The summed E-state index contributed by atoms with van der Waals surface area (Å²) in [7, 11) is 2.22. The molecule has 3 saturated heterocycles. The summed E-state index contributed by atoms with van der Waals surface area (Å²) in [6.45, 7) is 6.25. The van der Waals surface area contributed by atoms with Gasteiger partial charge < -0.3 is 15.3 Å². The molecular formula is C30H32N8O2. The fourth-order valence-electron chi connectivity index (χ4n) is 6.87. The third-order valence-electron chi connectivity index (χ3n) is 9.51. The summed E-state index contributed by atoms with van der Waals surface area (Å²) < 4.78 is 3.29. The van der Waals surface area contributed by atoms with Gasteiger partial charge in [0.05, 0.1) is 12.2 Å². The Bertz CT molecular complexity index is 1710. The molecule has 3 unspecified atom stereocenters. The van der Waals surface area contributed by atoms with Crippen LogP contribution in [0.15, 0.2) is 60.0 Å². The number of fused-ring (bicyclic) bond motifs is 4. The van der Waals surface area contributed by atoms with Gasteiger partial charge in [-0.15, -0.1) is 6.58 Å². The van der Waals surface area contributed by atoms with Gasteiger partial charge in [0.1, 0.15) is 11.5 Å². The van der Waals surface area contributed by atoms with E-state index in [1.54, 1.807) is 21.6 Å². The molecule has 1 aromatic carbocycles. The first-order valence-corrected chi connectivity index (χ1v) is 14.1. The monoisotopic (exact) mass is 536 g/mol. The zero-order valence-electron chi connectivity index (χ0n) is 22.5. The highest BCUT2D eigenvalue weighted by Gasteiger charge is 2.55. The summed E-state index contributed by atoms with van der Waals surface area (Å²) in [5.41, 5.74) is 4.08. The Labute approximate surface area is 231 Å². The van der Waals surface area contributed by atoms with Crippen molar-refractivity contribution in [3.63, 3.8) is 0 Å². The average molecular weight is 537 g/mol. The van der Waals surface area contributed by atoms with E-state index in [1.165, 1.54) is 12.1 Å². The number of hydrogen-bond acceptors (Lipinski definition) is 8. The number of aliphatic hydroxyl groups is 1. The molecule has 2 N–H and O–H groups in total. The molecule has 6 heterocycles. The van der Waals surface area contributed by atoms with E-state index in [9.17, 15) is 9.90 Å². The van der Waals surface area contributed by atoms with Crippen molar-refractivity contribution in [3.8, 4) is 5.82 Å². The van der Waals surface area contributed by atoms with Crippen LogP contribution in [0.4, 0.5) is 17.3 Å². The van der Waals surface area contributed by atoms with Gasteiger partial charge in [0.15, 0.2) is 11.5 Å². The molecular weight excluding hydrogens is 504 g/mol. The topological polar surface area (TPSA) is 104 Å². The van der Waals surface area contributed by atoms with E-state index in [2.05, 4.69) is 45.9 Å². The Morgan fingerprint density at radius 2 is 1.90 bits per heavy atom. The minimum atomic E-state index is -0.574. The zero-order valence-corrected chi connectivity index (χ0v) is 22.5. The van der Waals surface area contributed by atoms with Gasteiger partial charge >= 0.3 is 0 Å². The molecule has 1 spiro atoms. The van der Waals surface area contributed by atoms with Crippen molar-refractivity contribution in [2.75, 3.05) is 30.4 Å². The van der Waals surface area contributed by atoms with Crippen LogP contribution in [0, 0.1) is 5.41 Å². The van der Waals surface area contributed by atoms with Crippen LogP contribution in [0.1, 0.15) is 36.6 Å². The highest BCUT2D eigenvalue weighted by molar-refractivity contribution is 5.77. The number of nitrogens with zero attached hydrogens (tertiary/aromatic N) is 7. The quantitative estimate of drug-likeness (QED) is 0.362. The van der Waals surface area contributed by atoms with Gasteiger partial charge in [-0.1, -0.05) is 12.1 Å². The predicted octanol–water partition coefficient (Wildman–Crippen LogP) is 3.17. The van der Waals surface area contributed by atoms with Crippen LogP contribution in [-0.4, -0.2) is 66.5 Å². The maximum Gasteiger partial charge on any atom is 0.278 e. The molecule has 9 rings (SSSR count). The Balaban J connectivity index is 1.12. The van der Waals surface area contributed by atoms with E-state index in [1.807, 2.05) is 24.3 Å². The molecule has 3 atom stereocenters. The Hall–Kier alpha value is -4.02. The van der Waals surface area contributed by atoms with Crippen LogP contribution in [0.2, 0.25) is 0 Å². The first-order valence-electron chi connectivity index (χ1n) is 14.1. The van der Waals surface area contributed by atoms with E-state index in [4.69, 9.17) is 9.97 Å². The van der Waals surface area contributed by atoms with Crippen LogP contribution < -0.4 is 15.8 Å². The second-order valence-corrected chi connectivity index (χ2v) is 11.9. The SMILES string of the molecule is C=CCn1c(=O)c2cnc(Nc3ccc(N4CC5CC(C4)N5C)cc3)nc2n1-c1ccc2c(n1)C(O)C1(CC1)C2. The van der Waals surface area contributed by atoms with Crippen molar-refractivity contribution in [2.45, 2.75) is 50.4 Å². The zero-order chi connectivity index (χ0) is 27.2. The van der Waals surface area contributed by atoms with Gasteiger partial charge in [-0.3, -0.25) is 9.69 Å². The summed E-state index contributed by atoms with van der Waals surface area (Å²) in [4.78, 5) is 32.3. The van der Waals surface area contributed by atoms with Gasteiger partial charge in [-0.05, 0) is 68.6 Å². The highest BCUT2D eigenvalue weighted by atomic mass is 16.3. The summed E-state index contributed by atoms with van der Waals surface area (Å²) >= 11 is 0. The van der Waals surface area contributed by atoms with E-state index in [0.29, 0.717) is 47.1 Å². The number of benzene rings is 1. The smallest absolute Gasteiger partial charge is 0.278 e. The molecule has 0 radical (unpaired) electrons. The molecule has 3 aromatic heterocycles. The second kappa shape index (κ2) is 8.49. The lowest BCUT2D eigenvalue weighted by molar-refractivity contribution is 0.0264. The number of piperazine rings is 1. The number of aromatic nitrogens is 5. The molecule has 10 nitrogen and oxygen atoms in total. The second-order valence-electron chi connectivity index (χ2n) is 11.9. The summed E-state index contributed by atoms with van der Waals surface area (Å²) in [5, 5.41) is 14.7. The molecule has 0 amide bonds. The van der Waals surface area contributed by atoms with Crippen molar-refractivity contribution >= 4 is 28.4 Å². The number of nitrogens with one attached hydrogen (secondary N) is 1. The molecule has 4 fully saturated rings. The Morgan fingerprint density at radius 1 is 1.12 bits per heavy atom. The lowest BCUT2D eigenvalue weighted by Crippen LogP contribution is -2.67. The average Bonchev–Trinajstić information content (AvgIpc) is 3.65. The number of allylic oxidation sites excluding steroid dienone is 1. The molecule has 2 bridgehead atoms. The fraction of sp³-hybridized carbons (Fsp3) is 0.400. The maximum absolute atomic E-state index is 13.3. The van der Waals surface area contributed by atoms with E-state index < -0.39 is 6.10 Å². The van der Waals surface area contributed by atoms with Gasteiger partial charge in [0, 0.05) is 48.2 Å². The maximum atomic E-state index is 13.3. The van der Waals surface area contributed by atoms with Crippen LogP contribution in [0.5, 0.6) is 0 Å². The van der Waals surface area contributed by atoms with E-state index in [-0.39, 0.29) is 11.0 Å². The fourth-order valence-corrected chi connectivity index (χ4v) is 6.87. The molecule has 5 aliphatic rings. The van der Waals surface area contributed by atoms with Crippen LogP contribution in [-0.2, 0) is 13.0 Å². The third kappa shape index (κ3) is 3.49. The van der Waals surface area contributed by atoms with Gasteiger partial charge in [-0.2, -0.15) is 4.98 Å².